The Morgan fingerprint density at radius 3 is 2.82 bits per heavy atom. The number of rotatable bonds is 3. The van der Waals surface area contributed by atoms with Gasteiger partial charge in [0.2, 0.25) is 11.8 Å². The summed E-state index contributed by atoms with van der Waals surface area (Å²) in [5.41, 5.74) is 9.72. The van der Waals surface area contributed by atoms with Crippen LogP contribution in [0.2, 0.25) is 0 Å². The fourth-order valence-electron chi connectivity index (χ4n) is 2.65. The smallest absolute Gasteiger partial charge is 0.244 e. The van der Waals surface area contributed by atoms with E-state index in [1.54, 1.807) is 18.2 Å². The van der Waals surface area contributed by atoms with E-state index in [1.807, 2.05) is 31.2 Å². The summed E-state index contributed by atoms with van der Waals surface area (Å²) in [6.07, 6.45) is 0.352. The second-order valence-electron chi connectivity index (χ2n) is 5.41. The molecular weight excluding hydrogens is 278 g/mol. The molecule has 0 aromatic heterocycles. The zero-order chi connectivity index (χ0) is 15.7. The zero-order valence-corrected chi connectivity index (χ0v) is 12.3. The molecule has 3 rings (SSSR count). The van der Waals surface area contributed by atoms with E-state index in [2.05, 4.69) is 5.32 Å². The minimum Gasteiger partial charge on any atom is -0.399 e. The molecule has 3 N–H and O–H groups in total. The molecule has 0 saturated heterocycles. The lowest BCUT2D eigenvalue weighted by Crippen LogP contribution is -2.35. The number of fused-ring (bicyclic) bond motifs is 1. The number of anilines is 3. The van der Waals surface area contributed by atoms with Crippen molar-refractivity contribution in [3.05, 3.63) is 53.6 Å². The van der Waals surface area contributed by atoms with E-state index in [-0.39, 0.29) is 18.4 Å². The zero-order valence-electron chi connectivity index (χ0n) is 12.3. The number of carbonyl (C=O) groups is 2. The topological polar surface area (TPSA) is 75.4 Å². The van der Waals surface area contributed by atoms with Crippen molar-refractivity contribution in [2.75, 3.05) is 22.5 Å². The van der Waals surface area contributed by atoms with Crippen LogP contribution in [-0.4, -0.2) is 18.4 Å². The first kappa shape index (κ1) is 14.1. The molecule has 0 bridgehead atoms. The average molecular weight is 295 g/mol. The number of benzene rings is 2. The van der Waals surface area contributed by atoms with E-state index in [0.29, 0.717) is 17.8 Å². The minimum absolute atomic E-state index is 0.0136. The molecule has 0 radical (unpaired) electrons. The van der Waals surface area contributed by atoms with Crippen LogP contribution in [0, 0.1) is 6.92 Å². The lowest BCUT2D eigenvalue weighted by Gasteiger charge is -2.17. The van der Waals surface area contributed by atoms with E-state index in [9.17, 15) is 9.59 Å². The van der Waals surface area contributed by atoms with Crippen molar-refractivity contribution in [2.45, 2.75) is 13.3 Å². The van der Waals surface area contributed by atoms with Crippen molar-refractivity contribution < 1.29 is 9.59 Å². The lowest BCUT2D eigenvalue weighted by molar-refractivity contribution is -0.120. The van der Waals surface area contributed by atoms with Crippen LogP contribution >= 0.6 is 0 Å². The largest absolute Gasteiger partial charge is 0.399 e. The van der Waals surface area contributed by atoms with Crippen LogP contribution in [-0.2, 0) is 16.0 Å². The molecule has 2 amide bonds. The average Bonchev–Trinajstić information content (AvgIpc) is 2.78. The summed E-state index contributed by atoms with van der Waals surface area (Å²) in [5, 5.41) is 2.83. The van der Waals surface area contributed by atoms with Crippen LogP contribution < -0.4 is 16.0 Å². The highest BCUT2D eigenvalue weighted by Gasteiger charge is 2.28. The number of nitrogens with two attached hydrogens (primary N) is 1. The number of para-hydroxylation sites is 1. The van der Waals surface area contributed by atoms with Crippen LogP contribution in [0.25, 0.3) is 0 Å². The number of nitrogens with one attached hydrogen (secondary N) is 1. The number of hydrogen-bond acceptors (Lipinski definition) is 3. The van der Waals surface area contributed by atoms with E-state index >= 15 is 0 Å². The molecule has 2 aromatic carbocycles. The Kier molecular flexibility index (Phi) is 3.55. The first-order valence-electron chi connectivity index (χ1n) is 7.09. The molecule has 1 aliphatic rings. The molecule has 0 unspecified atom stereocenters. The summed E-state index contributed by atoms with van der Waals surface area (Å²) in [4.78, 5) is 25.8. The second kappa shape index (κ2) is 5.52. The van der Waals surface area contributed by atoms with E-state index in [0.717, 1.165) is 16.8 Å². The molecule has 5 nitrogen and oxygen atoms in total. The Morgan fingerprint density at radius 2 is 2.05 bits per heavy atom. The fraction of sp³-hybridized carbons (Fsp3) is 0.176. The highest BCUT2D eigenvalue weighted by molar-refractivity contribution is 6.07. The van der Waals surface area contributed by atoms with Gasteiger partial charge in [0, 0.05) is 17.1 Å². The molecule has 0 fully saturated rings. The molecule has 1 heterocycles. The van der Waals surface area contributed by atoms with Crippen LogP contribution in [0.15, 0.2) is 42.5 Å². The molecular formula is C17H17N3O2. The number of nitrogens with zero attached hydrogens (tertiary/aromatic N) is 1. The normalized spacial score (nSPS) is 13.1. The molecule has 0 atom stereocenters. The van der Waals surface area contributed by atoms with Crippen molar-refractivity contribution in [2.24, 2.45) is 0 Å². The highest BCUT2D eigenvalue weighted by Crippen LogP contribution is 2.28. The van der Waals surface area contributed by atoms with Crippen LogP contribution in [0.5, 0.6) is 0 Å². The van der Waals surface area contributed by atoms with Gasteiger partial charge in [0.15, 0.2) is 0 Å². The summed E-state index contributed by atoms with van der Waals surface area (Å²) in [7, 11) is 0. The minimum atomic E-state index is -0.224. The van der Waals surface area contributed by atoms with Gasteiger partial charge in [-0.15, -0.1) is 0 Å². The van der Waals surface area contributed by atoms with Gasteiger partial charge in [0.05, 0.1) is 6.42 Å². The van der Waals surface area contributed by atoms with Gasteiger partial charge >= 0.3 is 0 Å². The van der Waals surface area contributed by atoms with Crippen LogP contribution in [0.4, 0.5) is 17.1 Å². The monoisotopic (exact) mass is 295 g/mol. The predicted molar refractivity (Wildman–Crippen MR) is 86.7 cm³/mol. The molecule has 0 saturated carbocycles. The van der Waals surface area contributed by atoms with Gasteiger partial charge in [-0.1, -0.05) is 18.2 Å². The summed E-state index contributed by atoms with van der Waals surface area (Å²) in [6, 6.07) is 12.8. The SMILES string of the molecule is Cc1cc(N)ccc1NC(=O)CN1C(=O)Cc2ccccc21. The van der Waals surface area contributed by atoms with Crippen molar-refractivity contribution in [3.63, 3.8) is 0 Å². The van der Waals surface area contributed by atoms with Crippen molar-refractivity contribution >= 4 is 28.9 Å². The molecule has 5 heteroatoms. The summed E-state index contributed by atoms with van der Waals surface area (Å²) in [5.74, 6) is -0.275. The maximum Gasteiger partial charge on any atom is 0.244 e. The molecule has 0 aliphatic carbocycles. The standard InChI is InChI=1S/C17H17N3O2/c1-11-8-13(18)6-7-14(11)19-16(21)10-20-15-5-3-2-4-12(15)9-17(20)22/h2-8H,9-10,18H2,1H3,(H,19,21). The first-order valence-corrected chi connectivity index (χ1v) is 7.09. The number of amides is 2. The van der Waals surface area contributed by atoms with Crippen LogP contribution in [0.3, 0.4) is 0 Å². The summed E-state index contributed by atoms with van der Waals surface area (Å²) in [6.45, 7) is 1.89. The van der Waals surface area contributed by atoms with Gasteiger partial charge in [0.25, 0.3) is 0 Å². The van der Waals surface area contributed by atoms with Gasteiger partial charge in [0.1, 0.15) is 6.54 Å². The van der Waals surface area contributed by atoms with Gasteiger partial charge in [-0.2, -0.15) is 0 Å². The Morgan fingerprint density at radius 1 is 1.27 bits per heavy atom. The third kappa shape index (κ3) is 2.65. The molecule has 22 heavy (non-hydrogen) atoms. The van der Waals surface area contributed by atoms with Gasteiger partial charge in [-0.05, 0) is 42.3 Å². The summed E-state index contributed by atoms with van der Waals surface area (Å²) < 4.78 is 0. The predicted octanol–water partition coefficient (Wildman–Crippen LogP) is 2.11. The van der Waals surface area contributed by atoms with Crippen molar-refractivity contribution in [1.29, 1.82) is 0 Å². The van der Waals surface area contributed by atoms with Gasteiger partial charge < -0.3 is 16.0 Å². The lowest BCUT2D eigenvalue weighted by atomic mass is 10.2. The van der Waals surface area contributed by atoms with Crippen molar-refractivity contribution in [1.82, 2.24) is 0 Å². The van der Waals surface area contributed by atoms with E-state index < -0.39 is 0 Å². The van der Waals surface area contributed by atoms with Crippen molar-refractivity contribution in [3.8, 4) is 0 Å². The number of aryl methyl sites for hydroxylation is 1. The van der Waals surface area contributed by atoms with E-state index in [1.165, 1.54) is 4.90 Å². The van der Waals surface area contributed by atoms with Gasteiger partial charge in [-0.3, -0.25) is 9.59 Å². The number of carbonyl (C=O) groups excluding carboxylic acids is 2. The second-order valence-corrected chi connectivity index (χ2v) is 5.41. The quantitative estimate of drug-likeness (QED) is 0.852. The Bertz CT molecular complexity index is 755. The van der Waals surface area contributed by atoms with Crippen LogP contribution in [0.1, 0.15) is 11.1 Å². The molecule has 0 spiro atoms. The maximum absolute atomic E-state index is 12.2. The third-order valence-corrected chi connectivity index (χ3v) is 3.75. The Balaban J connectivity index is 1.73. The first-order chi connectivity index (χ1) is 10.5. The third-order valence-electron chi connectivity index (χ3n) is 3.75. The Hall–Kier alpha value is -2.82. The molecule has 2 aromatic rings. The number of nitrogen functional groups attached to an aromatic ring is 1. The fourth-order valence-corrected chi connectivity index (χ4v) is 2.65. The number of hydrogen-bond donors (Lipinski definition) is 2. The molecule has 112 valence electrons. The summed E-state index contributed by atoms with van der Waals surface area (Å²) >= 11 is 0. The molecule has 1 aliphatic heterocycles. The van der Waals surface area contributed by atoms with E-state index in [4.69, 9.17) is 5.73 Å². The Labute approximate surface area is 128 Å². The highest BCUT2D eigenvalue weighted by atomic mass is 16.2. The van der Waals surface area contributed by atoms with Gasteiger partial charge in [-0.25, -0.2) is 0 Å². The maximum atomic E-state index is 12.2.